The molecule has 0 aliphatic carbocycles. The van der Waals surface area contributed by atoms with Crippen LogP contribution in [0.1, 0.15) is 23.6 Å². The Morgan fingerprint density at radius 3 is 2.50 bits per heavy atom. The summed E-state index contributed by atoms with van der Waals surface area (Å²) in [7, 11) is -3.91. The third-order valence-electron chi connectivity index (χ3n) is 5.69. The average Bonchev–Trinajstić information content (AvgIpc) is 3.09. The summed E-state index contributed by atoms with van der Waals surface area (Å²) < 4.78 is 28.3. The maximum absolute atomic E-state index is 13.5. The minimum atomic E-state index is -3.91. The van der Waals surface area contributed by atoms with E-state index in [0.717, 1.165) is 28.8 Å². The molecule has 4 rings (SSSR count). The van der Waals surface area contributed by atoms with Crippen LogP contribution in [0.2, 0.25) is 5.02 Å². The quantitative estimate of drug-likeness (QED) is 0.521. The molecule has 3 aromatic carbocycles. The van der Waals surface area contributed by atoms with Crippen LogP contribution in [0.3, 0.4) is 0 Å². The van der Waals surface area contributed by atoms with Gasteiger partial charge in [-0.15, -0.1) is 0 Å². The molecule has 1 heterocycles. The molecule has 1 aliphatic heterocycles. The van der Waals surface area contributed by atoms with E-state index in [1.54, 1.807) is 47.4 Å². The van der Waals surface area contributed by atoms with Crippen molar-refractivity contribution in [1.82, 2.24) is 4.31 Å². The zero-order valence-electron chi connectivity index (χ0n) is 18.0. The Balaban J connectivity index is 1.68. The summed E-state index contributed by atoms with van der Waals surface area (Å²) in [6.07, 6.45) is 0.751. The van der Waals surface area contributed by atoms with Crippen LogP contribution in [0.4, 0.5) is 5.69 Å². The fourth-order valence-corrected chi connectivity index (χ4v) is 5.69. The molecule has 0 radical (unpaired) electrons. The monoisotopic (exact) mass is 468 g/mol. The van der Waals surface area contributed by atoms with Crippen molar-refractivity contribution in [3.63, 3.8) is 0 Å². The summed E-state index contributed by atoms with van der Waals surface area (Å²) in [6.45, 7) is 3.66. The van der Waals surface area contributed by atoms with Crippen molar-refractivity contribution < 1.29 is 13.2 Å². The van der Waals surface area contributed by atoms with Crippen molar-refractivity contribution in [2.24, 2.45) is 0 Å². The predicted octanol–water partition coefficient (Wildman–Crippen LogP) is 4.82. The molecule has 1 unspecified atom stereocenters. The van der Waals surface area contributed by atoms with Crippen molar-refractivity contribution in [2.45, 2.75) is 37.8 Å². The SMILES string of the molecule is Cc1ccc(S(=O)(=O)N(CC(=O)N2c3ccccc3CC2C)Cc2cccc(Cl)c2)cc1. The van der Waals surface area contributed by atoms with E-state index in [2.05, 4.69) is 0 Å². The van der Waals surface area contributed by atoms with Crippen LogP contribution in [-0.2, 0) is 27.8 Å². The van der Waals surface area contributed by atoms with Crippen molar-refractivity contribution in [3.8, 4) is 0 Å². The number of nitrogens with zero attached hydrogens (tertiary/aromatic N) is 2. The molecule has 166 valence electrons. The van der Waals surface area contributed by atoms with Crippen LogP contribution in [-0.4, -0.2) is 31.2 Å². The minimum Gasteiger partial charge on any atom is -0.308 e. The van der Waals surface area contributed by atoms with Gasteiger partial charge in [-0.25, -0.2) is 8.42 Å². The molecule has 5 nitrogen and oxygen atoms in total. The molecule has 7 heteroatoms. The van der Waals surface area contributed by atoms with Crippen molar-refractivity contribution in [3.05, 3.63) is 94.5 Å². The van der Waals surface area contributed by atoms with Gasteiger partial charge in [-0.05, 0) is 61.7 Å². The molecule has 0 bridgehead atoms. The van der Waals surface area contributed by atoms with Gasteiger partial charge < -0.3 is 4.90 Å². The molecule has 0 aromatic heterocycles. The molecule has 1 amide bonds. The topological polar surface area (TPSA) is 57.7 Å². The van der Waals surface area contributed by atoms with Gasteiger partial charge in [0.2, 0.25) is 15.9 Å². The number of sulfonamides is 1. The number of carbonyl (C=O) groups excluding carboxylic acids is 1. The minimum absolute atomic E-state index is 0.0324. The highest BCUT2D eigenvalue weighted by Crippen LogP contribution is 2.32. The van der Waals surface area contributed by atoms with Crippen molar-refractivity contribution >= 4 is 33.2 Å². The molecular weight excluding hydrogens is 444 g/mol. The Hall–Kier alpha value is -2.67. The molecule has 1 aliphatic rings. The number of hydrogen-bond donors (Lipinski definition) is 0. The number of rotatable bonds is 6. The predicted molar refractivity (Wildman–Crippen MR) is 127 cm³/mol. The van der Waals surface area contributed by atoms with Gasteiger partial charge in [0, 0.05) is 23.3 Å². The van der Waals surface area contributed by atoms with Gasteiger partial charge in [-0.3, -0.25) is 4.79 Å². The summed E-state index contributed by atoms with van der Waals surface area (Å²) in [4.78, 5) is 15.3. The number of benzene rings is 3. The van der Waals surface area contributed by atoms with Crippen LogP contribution in [0.25, 0.3) is 0 Å². The fourth-order valence-electron chi connectivity index (χ4n) is 4.10. The first-order valence-electron chi connectivity index (χ1n) is 10.5. The number of aryl methyl sites for hydroxylation is 1. The van der Waals surface area contributed by atoms with Gasteiger partial charge in [0.25, 0.3) is 0 Å². The molecule has 0 spiro atoms. The highest BCUT2D eigenvalue weighted by molar-refractivity contribution is 7.89. The Morgan fingerprint density at radius 1 is 1.06 bits per heavy atom. The summed E-state index contributed by atoms with van der Waals surface area (Å²) in [6, 6.07) is 21.4. The van der Waals surface area contributed by atoms with E-state index in [1.807, 2.05) is 44.2 Å². The summed E-state index contributed by atoms with van der Waals surface area (Å²) in [5.41, 5.74) is 3.62. The highest BCUT2D eigenvalue weighted by Gasteiger charge is 2.34. The van der Waals surface area contributed by atoms with E-state index in [1.165, 1.54) is 4.31 Å². The zero-order chi connectivity index (χ0) is 22.9. The van der Waals surface area contributed by atoms with Gasteiger partial charge in [-0.1, -0.05) is 59.6 Å². The average molecular weight is 469 g/mol. The van der Waals surface area contributed by atoms with E-state index in [-0.39, 0.29) is 29.9 Å². The van der Waals surface area contributed by atoms with Crippen molar-refractivity contribution in [1.29, 1.82) is 0 Å². The standard InChI is InChI=1S/C25H25ClN2O3S/c1-18-10-12-23(13-11-18)32(30,31)27(16-20-6-5-8-22(26)15-20)17-25(29)28-19(2)14-21-7-3-4-9-24(21)28/h3-13,15,19H,14,16-17H2,1-2H3. The number of carbonyl (C=O) groups is 1. The van der Waals surface area contributed by atoms with Crippen LogP contribution >= 0.6 is 11.6 Å². The molecule has 3 aromatic rings. The molecule has 32 heavy (non-hydrogen) atoms. The summed E-state index contributed by atoms with van der Waals surface area (Å²) >= 11 is 6.12. The second kappa shape index (κ2) is 9.06. The second-order valence-corrected chi connectivity index (χ2v) is 10.5. The van der Waals surface area contributed by atoms with E-state index in [9.17, 15) is 13.2 Å². The number of amides is 1. The second-order valence-electron chi connectivity index (χ2n) is 8.16. The number of anilines is 1. The maximum Gasteiger partial charge on any atom is 0.243 e. The van der Waals surface area contributed by atoms with Gasteiger partial charge in [0.05, 0.1) is 11.4 Å². The third-order valence-corrected chi connectivity index (χ3v) is 7.74. The van der Waals surface area contributed by atoms with Crippen LogP contribution < -0.4 is 4.90 Å². The normalized spacial score (nSPS) is 15.8. The van der Waals surface area contributed by atoms with Crippen LogP contribution in [0.5, 0.6) is 0 Å². The number of fused-ring (bicyclic) bond motifs is 1. The Kier molecular flexibility index (Phi) is 6.38. The Labute approximate surface area is 194 Å². The first-order chi connectivity index (χ1) is 15.3. The first kappa shape index (κ1) is 22.5. The lowest BCUT2D eigenvalue weighted by molar-refractivity contribution is -0.119. The fraction of sp³-hybridized carbons (Fsp3) is 0.240. The lowest BCUT2D eigenvalue weighted by Gasteiger charge is -2.27. The summed E-state index contributed by atoms with van der Waals surface area (Å²) in [5.74, 6) is -0.250. The molecule has 1 atom stereocenters. The Morgan fingerprint density at radius 2 is 1.78 bits per heavy atom. The first-order valence-corrected chi connectivity index (χ1v) is 12.3. The summed E-state index contributed by atoms with van der Waals surface area (Å²) in [5, 5.41) is 0.517. The van der Waals surface area contributed by atoms with E-state index in [4.69, 9.17) is 11.6 Å². The van der Waals surface area contributed by atoms with Crippen LogP contribution in [0, 0.1) is 6.92 Å². The van der Waals surface area contributed by atoms with Gasteiger partial charge in [-0.2, -0.15) is 4.31 Å². The lowest BCUT2D eigenvalue weighted by Crippen LogP contribution is -2.44. The van der Waals surface area contributed by atoms with Gasteiger partial charge in [0.1, 0.15) is 0 Å². The number of hydrogen-bond acceptors (Lipinski definition) is 3. The maximum atomic E-state index is 13.5. The molecular formula is C25H25ClN2O3S. The van der Waals surface area contributed by atoms with E-state index >= 15 is 0 Å². The molecule has 0 N–H and O–H groups in total. The zero-order valence-corrected chi connectivity index (χ0v) is 19.6. The van der Waals surface area contributed by atoms with Gasteiger partial charge >= 0.3 is 0 Å². The van der Waals surface area contributed by atoms with Crippen molar-refractivity contribution in [2.75, 3.05) is 11.4 Å². The lowest BCUT2D eigenvalue weighted by atomic mass is 10.1. The molecule has 0 saturated carbocycles. The van der Waals surface area contributed by atoms with E-state index < -0.39 is 10.0 Å². The van der Waals surface area contributed by atoms with Gasteiger partial charge in [0.15, 0.2) is 0 Å². The number of para-hydroxylation sites is 1. The molecule has 0 fully saturated rings. The molecule has 0 saturated heterocycles. The third kappa shape index (κ3) is 4.58. The Bertz CT molecular complexity index is 1240. The smallest absolute Gasteiger partial charge is 0.243 e. The largest absolute Gasteiger partial charge is 0.308 e. The van der Waals surface area contributed by atoms with E-state index in [0.29, 0.717) is 5.02 Å². The number of halogens is 1. The highest BCUT2D eigenvalue weighted by atomic mass is 35.5. The van der Waals surface area contributed by atoms with Crippen LogP contribution in [0.15, 0.2) is 77.7 Å².